The lowest BCUT2D eigenvalue weighted by Gasteiger charge is -2.28. The smallest absolute Gasteiger partial charge is 0.323 e. The van der Waals surface area contributed by atoms with Crippen LogP contribution in [0.15, 0.2) is 60.7 Å². The number of amides is 3. The van der Waals surface area contributed by atoms with Crippen molar-refractivity contribution in [3.8, 4) is 17.2 Å². The first-order valence-electron chi connectivity index (χ1n) is 13.4. The van der Waals surface area contributed by atoms with Gasteiger partial charge in [-0.3, -0.25) is 14.5 Å². The summed E-state index contributed by atoms with van der Waals surface area (Å²) in [5, 5.41) is 14.9. The van der Waals surface area contributed by atoms with Crippen LogP contribution >= 0.6 is 0 Å². The molecule has 0 unspecified atom stereocenters. The monoisotopic (exact) mass is 578 g/mol. The maximum absolute atomic E-state index is 12.7. The van der Waals surface area contributed by atoms with Crippen LogP contribution in [-0.2, 0) is 16.1 Å². The molecule has 0 aliphatic rings. The Bertz CT molecular complexity index is 1400. The topological polar surface area (TPSA) is 130 Å². The highest BCUT2D eigenvalue weighted by Crippen LogP contribution is 2.31. The minimum absolute atomic E-state index is 0.0495. The highest BCUT2D eigenvalue weighted by molar-refractivity contribution is 6.01. The number of urea groups is 1. The molecule has 3 aromatic carbocycles. The number of aryl methyl sites for hydroxylation is 1. The van der Waals surface area contributed by atoms with Gasteiger partial charge in [0.15, 0.2) is 11.5 Å². The van der Waals surface area contributed by atoms with E-state index in [4.69, 9.17) is 14.2 Å². The van der Waals surface area contributed by atoms with Gasteiger partial charge >= 0.3 is 12.0 Å². The molecule has 0 aliphatic carbocycles. The molecule has 11 heteroatoms. The van der Waals surface area contributed by atoms with Gasteiger partial charge in [-0.05, 0) is 48.4 Å². The third kappa shape index (κ3) is 8.87. The van der Waals surface area contributed by atoms with Gasteiger partial charge in [-0.15, -0.1) is 0 Å². The summed E-state index contributed by atoms with van der Waals surface area (Å²) in [5.74, 6) is 0.452. The molecule has 0 saturated heterocycles. The zero-order chi connectivity index (χ0) is 30.6. The molecule has 0 bridgehead atoms. The van der Waals surface area contributed by atoms with Crippen LogP contribution < -0.4 is 29.7 Å². The maximum Gasteiger partial charge on any atom is 0.323 e. The fourth-order valence-corrected chi connectivity index (χ4v) is 4.41. The van der Waals surface area contributed by atoms with Crippen LogP contribution in [0.5, 0.6) is 17.2 Å². The first-order chi connectivity index (χ1) is 20.1. The van der Waals surface area contributed by atoms with Crippen LogP contribution in [-0.4, -0.2) is 68.9 Å². The Labute approximate surface area is 246 Å². The van der Waals surface area contributed by atoms with Crippen molar-refractivity contribution in [1.29, 1.82) is 0 Å². The van der Waals surface area contributed by atoms with Crippen LogP contribution in [0.2, 0.25) is 0 Å². The molecule has 3 N–H and O–H groups in total. The van der Waals surface area contributed by atoms with Crippen LogP contribution in [0.25, 0.3) is 0 Å². The highest BCUT2D eigenvalue weighted by atomic mass is 16.5. The molecule has 3 amide bonds. The summed E-state index contributed by atoms with van der Waals surface area (Å²) < 4.78 is 16.2. The molecular formula is C31H38N4O7. The zero-order valence-electron chi connectivity index (χ0n) is 24.6. The van der Waals surface area contributed by atoms with Gasteiger partial charge < -0.3 is 34.9 Å². The van der Waals surface area contributed by atoms with Crippen molar-refractivity contribution < 1.29 is 33.7 Å². The first-order valence-corrected chi connectivity index (χ1v) is 13.4. The van der Waals surface area contributed by atoms with E-state index in [1.165, 1.54) is 14.0 Å². The molecule has 224 valence electrons. The number of nitrogens with zero attached hydrogens (tertiary/aromatic N) is 2. The second-order valence-corrected chi connectivity index (χ2v) is 9.56. The standard InChI is InChI=1S/C31H38N4O7/c1-21-8-6-7-9-25(21)32-31(39)33-26-12-11-24(19-28(26)41-4)35(22(2)36)17-16-34(15-14-30(37)38)20-23-10-13-27(40-3)29(18-23)42-5/h6-13,18-19H,14-17,20H2,1-5H3,(H,37,38)(H2,32,33,39). The zero-order valence-corrected chi connectivity index (χ0v) is 24.6. The van der Waals surface area contributed by atoms with Gasteiger partial charge in [-0.2, -0.15) is 0 Å². The van der Waals surface area contributed by atoms with E-state index in [0.29, 0.717) is 53.9 Å². The number of carboxylic acids is 1. The summed E-state index contributed by atoms with van der Waals surface area (Å²) >= 11 is 0. The van der Waals surface area contributed by atoms with Crippen molar-refractivity contribution in [2.24, 2.45) is 0 Å². The second-order valence-electron chi connectivity index (χ2n) is 9.56. The van der Waals surface area contributed by atoms with Crippen molar-refractivity contribution in [3.05, 3.63) is 71.8 Å². The van der Waals surface area contributed by atoms with Crippen LogP contribution in [0.3, 0.4) is 0 Å². The summed E-state index contributed by atoms with van der Waals surface area (Å²) in [6.07, 6.45) is -0.0495. The molecule has 42 heavy (non-hydrogen) atoms. The van der Waals surface area contributed by atoms with E-state index < -0.39 is 12.0 Å². The number of methoxy groups -OCH3 is 3. The Balaban J connectivity index is 1.75. The van der Waals surface area contributed by atoms with E-state index in [9.17, 15) is 19.5 Å². The summed E-state index contributed by atoms with van der Waals surface area (Å²) in [6, 6.07) is 17.6. The number of nitrogens with one attached hydrogen (secondary N) is 2. The fourth-order valence-electron chi connectivity index (χ4n) is 4.41. The highest BCUT2D eigenvalue weighted by Gasteiger charge is 2.18. The van der Waals surface area contributed by atoms with E-state index >= 15 is 0 Å². The van der Waals surface area contributed by atoms with Crippen LogP contribution in [0.4, 0.5) is 21.9 Å². The summed E-state index contributed by atoms with van der Waals surface area (Å²) in [7, 11) is 4.60. The average Bonchev–Trinajstić information content (AvgIpc) is 2.97. The molecule has 3 aromatic rings. The number of hydrogen-bond acceptors (Lipinski definition) is 7. The summed E-state index contributed by atoms with van der Waals surface area (Å²) in [5.41, 5.74) is 3.54. The lowest BCUT2D eigenvalue weighted by molar-refractivity contribution is -0.137. The third-order valence-corrected chi connectivity index (χ3v) is 6.65. The molecule has 0 heterocycles. The number of aliphatic carboxylic acids is 1. The number of carboxylic acid groups (broad SMARTS) is 1. The SMILES string of the molecule is COc1cc(N(CCN(CCC(=O)O)Cc2ccc(OC)c(OC)c2)C(C)=O)ccc1NC(=O)Nc1ccccc1C. The number of ether oxygens (including phenoxy) is 3. The lowest BCUT2D eigenvalue weighted by Crippen LogP contribution is -2.38. The summed E-state index contributed by atoms with van der Waals surface area (Å²) in [4.78, 5) is 40.2. The second kappa shape index (κ2) is 15.3. The van der Waals surface area contributed by atoms with Gasteiger partial charge in [0.1, 0.15) is 5.75 Å². The fraction of sp³-hybridized carbons (Fsp3) is 0.323. The Morgan fingerprint density at radius 1 is 0.786 bits per heavy atom. The van der Waals surface area contributed by atoms with E-state index in [1.807, 2.05) is 48.2 Å². The van der Waals surface area contributed by atoms with Crippen LogP contribution in [0, 0.1) is 6.92 Å². The van der Waals surface area contributed by atoms with Gasteiger partial charge in [-0.25, -0.2) is 4.79 Å². The molecule has 0 atom stereocenters. The van der Waals surface area contributed by atoms with E-state index in [-0.39, 0.29) is 18.9 Å². The molecule has 0 aromatic heterocycles. The number of anilines is 3. The molecule has 0 saturated carbocycles. The lowest BCUT2D eigenvalue weighted by atomic mass is 10.1. The Morgan fingerprint density at radius 3 is 2.12 bits per heavy atom. The van der Waals surface area contributed by atoms with E-state index in [2.05, 4.69) is 10.6 Å². The molecular weight excluding hydrogens is 540 g/mol. The molecule has 0 radical (unpaired) electrons. The maximum atomic E-state index is 12.7. The number of hydrogen-bond donors (Lipinski definition) is 3. The number of rotatable bonds is 14. The van der Waals surface area contributed by atoms with Gasteiger partial charge in [0, 0.05) is 50.5 Å². The Morgan fingerprint density at radius 2 is 1.48 bits per heavy atom. The van der Waals surface area contributed by atoms with Crippen molar-refractivity contribution in [2.45, 2.75) is 26.8 Å². The van der Waals surface area contributed by atoms with Gasteiger partial charge in [0.2, 0.25) is 5.91 Å². The largest absolute Gasteiger partial charge is 0.494 e. The molecule has 3 rings (SSSR count). The quantitative estimate of drug-likeness (QED) is 0.244. The minimum Gasteiger partial charge on any atom is -0.494 e. The van der Waals surface area contributed by atoms with Gasteiger partial charge in [0.05, 0.1) is 33.4 Å². The van der Waals surface area contributed by atoms with Crippen molar-refractivity contribution in [3.63, 3.8) is 0 Å². The number of carbonyl (C=O) groups excluding carboxylic acids is 2. The minimum atomic E-state index is -0.907. The molecule has 11 nitrogen and oxygen atoms in total. The predicted octanol–water partition coefficient (Wildman–Crippen LogP) is 4.99. The average molecular weight is 579 g/mol. The number of carbonyl (C=O) groups is 3. The van der Waals surface area contributed by atoms with Gasteiger partial charge in [0.25, 0.3) is 0 Å². The Kier molecular flexibility index (Phi) is 11.6. The predicted molar refractivity (Wildman–Crippen MR) is 162 cm³/mol. The third-order valence-electron chi connectivity index (χ3n) is 6.65. The Hall–Kier alpha value is -4.77. The normalized spacial score (nSPS) is 10.6. The van der Waals surface area contributed by atoms with E-state index in [1.54, 1.807) is 43.4 Å². The first kappa shape index (κ1) is 31.8. The molecule has 0 fully saturated rings. The number of para-hydroxylation sites is 1. The number of benzene rings is 3. The van der Waals surface area contributed by atoms with Gasteiger partial charge in [-0.1, -0.05) is 24.3 Å². The molecule has 0 aliphatic heterocycles. The van der Waals surface area contributed by atoms with Crippen LogP contribution in [0.1, 0.15) is 24.5 Å². The van der Waals surface area contributed by atoms with E-state index in [0.717, 1.165) is 11.1 Å². The molecule has 0 spiro atoms. The van der Waals surface area contributed by atoms with Crippen molar-refractivity contribution >= 4 is 35.0 Å². The van der Waals surface area contributed by atoms with Crippen molar-refractivity contribution in [1.82, 2.24) is 4.90 Å². The summed E-state index contributed by atoms with van der Waals surface area (Å²) in [6.45, 7) is 4.80. The van der Waals surface area contributed by atoms with Crippen molar-refractivity contribution in [2.75, 3.05) is 56.5 Å².